The van der Waals surface area contributed by atoms with Gasteiger partial charge in [0.1, 0.15) is 22.8 Å². The zero-order valence-corrected chi connectivity index (χ0v) is 11.7. The molecule has 0 fully saturated rings. The first-order chi connectivity index (χ1) is 10.5. The summed E-state index contributed by atoms with van der Waals surface area (Å²) in [6.45, 7) is 0.135. The molecule has 0 atom stereocenters. The first-order valence-electron chi connectivity index (χ1n) is 6.34. The molecule has 1 heterocycles. The molecule has 114 valence electrons. The second-order valence-electron chi connectivity index (χ2n) is 4.42. The van der Waals surface area contributed by atoms with Gasteiger partial charge in [-0.25, -0.2) is 4.39 Å². The Hall–Kier alpha value is -2.96. The van der Waals surface area contributed by atoms with Gasteiger partial charge in [0.25, 0.3) is 11.5 Å². The van der Waals surface area contributed by atoms with E-state index in [1.165, 1.54) is 37.4 Å². The maximum absolute atomic E-state index is 12.8. The number of carbonyl (C=O) groups excluding carboxylic acids is 2. The first kappa shape index (κ1) is 15.4. The number of carbonyl (C=O) groups is 2. The van der Waals surface area contributed by atoms with E-state index < -0.39 is 11.5 Å². The lowest BCUT2D eigenvalue weighted by Gasteiger charge is -2.08. The SMILES string of the molecule is COc1cc(C(=O)NCc2ccc(F)cc2)c(=O)[nH]c1C=O. The number of halogens is 1. The quantitative estimate of drug-likeness (QED) is 0.814. The number of methoxy groups -OCH3 is 1. The molecule has 7 heteroatoms. The molecule has 0 bridgehead atoms. The summed E-state index contributed by atoms with van der Waals surface area (Å²) in [5.74, 6) is -0.899. The van der Waals surface area contributed by atoms with Gasteiger partial charge in [0, 0.05) is 12.6 Å². The molecule has 2 rings (SSSR count). The van der Waals surface area contributed by atoms with Gasteiger partial charge in [0.15, 0.2) is 6.29 Å². The average molecular weight is 304 g/mol. The molecular weight excluding hydrogens is 291 g/mol. The molecule has 1 aromatic carbocycles. The van der Waals surface area contributed by atoms with Crippen molar-refractivity contribution < 1.29 is 18.7 Å². The van der Waals surface area contributed by atoms with Crippen LogP contribution < -0.4 is 15.6 Å². The van der Waals surface area contributed by atoms with Crippen LogP contribution in [0.2, 0.25) is 0 Å². The maximum Gasteiger partial charge on any atom is 0.261 e. The number of pyridine rings is 1. The molecule has 0 aliphatic rings. The fourth-order valence-electron chi connectivity index (χ4n) is 1.83. The van der Waals surface area contributed by atoms with Crippen molar-refractivity contribution in [3.63, 3.8) is 0 Å². The minimum Gasteiger partial charge on any atom is -0.494 e. The number of hydrogen-bond acceptors (Lipinski definition) is 4. The highest BCUT2D eigenvalue weighted by molar-refractivity contribution is 5.94. The molecule has 6 nitrogen and oxygen atoms in total. The zero-order valence-electron chi connectivity index (χ0n) is 11.7. The lowest BCUT2D eigenvalue weighted by atomic mass is 10.2. The summed E-state index contributed by atoms with van der Waals surface area (Å²) in [5.41, 5.74) is -0.227. The fraction of sp³-hybridized carbons (Fsp3) is 0.133. The minimum absolute atomic E-state index is 0.0393. The molecule has 0 radical (unpaired) electrons. The Morgan fingerprint density at radius 1 is 1.36 bits per heavy atom. The van der Waals surface area contributed by atoms with Gasteiger partial charge >= 0.3 is 0 Å². The number of aromatic nitrogens is 1. The van der Waals surface area contributed by atoms with Crippen LogP contribution in [-0.2, 0) is 6.54 Å². The van der Waals surface area contributed by atoms with E-state index in [2.05, 4.69) is 10.3 Å². The molecule has 2 aromatic rings. The Labute approximate surface area is 124 Å². The summed E-state index contributed by atoms with van der Waals surface area (Å²) >= 11 is 0. The Morgan fingerprint density at radius 3 is 2.64 bits per heavy atom. The van der Waals surface area contributed by atoms with E-state index in [0.29, 0.717) is 11.8 Å². The second kappa shape index (κ2) is 6.66. The number of amides is 1. The highest BCUT2D eigenvalue weighted by Gasteiger charge is 2.15. The van der Waals surface area contributed by atoms with Crippen LogP contribution in [0.3, 0.4) is 0 Å². The lowest BCUT2D eigenvalue weighted by molar-refractivity contribution is 0.0948. The van der Waals surface area contributed by atoms with Gasteiger partial charge in [0.2, 0.25) is 0 Å². The topological polar surface area (TPSA) is 88.3 Å². The van der Waals surface area contributed by atoms with Gasteiger partial charge in [-0.1, -0.05) is 12.1 Å². The molecule has 1 amide bonds. The second-order valence-corrected chi connectivity index (χ2v) is 4.42. The molecule has 0 aliphatic carbocycles. The van der Waals surface area contributed by atoms with E-state index in [0.717, 1.165) is 0 Å². The highest BCUT2D eigenvalue weighted by atomic mass is 19.1. The number of H-pyrrole nitrogens is 1. The average Bonchev–Trinajstić information content (AvgIpc) is 2.53. The third kappa shape index (κ3) is 3.38. The van der Waals surface area contributed by atoms with Crippen LogP contribution in [0.15, 0.2) is 35.1 Å². The molecular formula is C15H13FN2O4. The summed E-state index contributed by atoms with van der Waals surface area (Å²) in [7, 11) is 1.32. The van der Waals surface area contributed by atoms with Gasteiger partial charge in [-0.3, -0.25) is 14.4 Å². The van der Waals surface area contributed by atoms with E-state index in [1.54, 1.807) is 0 Å². The van der Waals surface area contributed by atoms with Gasteiger partial charge in [-0.05, 0) is 17.7 Å². The molecule has 0 aliphatic heterocycles. The van der Waals surface area contributed by atoms with Crippen LogP contribution in [0.4, 0.5) is 4.39 Å². The van der Waals surface area contributed by atoms with E-state index in [-0.39, 0.29) is 29.4 Å². The van der Waals surface area contributed by atoms with Crippen molar-refractivity contribution in [1.82, 2.24) is 10.3 Å². The molecule has 22 heavy (non-hydrogen) atoms. The Kier molecular flexibility index (Phi) is 4.67. The molecule has 0 saturated heterocycles. The smallest absolute Gasteiger partial charge is 0.261 e. The number of hydrogen-bond donors (Lipinski definition) is 2. The Morgan fingerprint density at radius 2 is 2.05 bits per heavy atom. The van der Waals surface area contributed by atoms with E-state index in [4.69, 9.17) is 4.74 Å². The standard InChI is InChI=1S/C15H13FN2O4/c1-22-13-6-11(15(21)18-12(13)8-19)14(20)17-7-9-2-4-10(16)5-3-9/h2-6,8H,7H2,1H3,(H,17,20)(H,18,21). The number of rotatable bonds is 5. The largest absolute Gasteiger partial charge is 0.494 e. The van der Waals surface area contributed by atoms with Crippen molar-refractivity contribution in [2.24, 2.45) is 0 Å². The number of aldehydes is 1. The third-order valence-corrected chi connectivity index (χ3v) is 2.98. The van der Waals surface area contributed by atoms with E-state index >= 15 is 0 Å². The fourth-order valence-corrected chi connectivity index (χ4v) is 1.83. The minimum atomic E-state index is -0.695. The van der Waals surface area contributed by atoms with Gasteiger partial charge < -0.3 is 15.0 Å². The number of benzene rings is 1. The number of aromatic amines is 1. The zero-order chi connectivity index (χ0) is 16.1. The van der Waals surface area contributed by atoms with Crippen LogP contribution in [-0.4, -0.2) is 24.3 Å². The van der Waals surface area contributed by atoms with Crippen molar-refractivity contribution in [3.05, 3.63) is 63.3 Å². The van der Waals surface area contributed by atoms with Gasteiger partial charge in [-0.2, -0.15) is 0 Å². The summed E-state index contributed by atoms with van der Waals surface area (Å²) in [4.78, 5) is 36.9. The van der Waals surface area contributed by atoms with Crippen molar-refractivity contribution >= 4 is 12.2 Å². The predicted molar refractivity (Wildman–Crippen MR) is 76.6 cm³/mol. The van der Waals surface area contributed by atoms with Crippen molar-refractivity contribution in [1.29, 1.82) is 0 Å². The van der Waals surface area contributed by atoms with Crippen molar-refractivity contribution in [2.75, 3.05) is 7.11 Å². The molecule has 1 aromatic heterocycles. The third-order valence-electron chi connectivity index (χ3n) is 2.98. The molecule has 2 N–H and O–H groups in total. The Bertz CT molecular complexity index is 753. The predicted octanol–water partition coefficient (Wildman–Crippen LogP) is 1.27. The van der Waals surface area contributed by atoms with Gasteiger partial charge in [-0.15, -0.1) is 0 Å². The molecule has 0 saturated carbocycles. The molecule has 0 unspecified atom stereocenters. The van der Waals surface area contributed by atoms with Crippen LogP contribution in [0.1, 0.15) is 26.4 Å². The van der Waals surface area contributed by atoms with Crippen molar-refractivity contribution in [3.8, 4) is 5.75 Å². The van der Waals surface area contributed by atoms with Crippen LogP contribution in [0.5, 0.6) is 5.75 Å². The van der Waals surface area contributed by atoms with Crippen LogP contribution in [0.25, 0.3) is 0 Å². The van der Waals surface area contributed by atoms with E-state index in [1.807, 2.05) is 0 Å². The van der Waals surface area contributed by atoms with Crippen LogP contribution >= 0.6 is 0 Å². The summed E-state index contributed by atoms with van der Waals surface area (Å²) < 4.78 is 17.7. The van der Waals surface area contributed by atoms with Gasteiger partial charge in [0.05, 0.1) is 7.11 Å². The highest BCUT2D eigenvalue weighted by Crippen LogP contribution is 2.13. The monoisotopic (exact) mass is 304 g/mol. The summed E-state index contributed by atoms with van der Waals surface area (Å²) in [5, 5.41) is 2.54. The summed E-state index contributed by atoms with van der Waals surface area (Å²) in [6.07, 6.45) is 0.431. The van der Waals surface area contributed by atoms with Crippen molar-refractivity contribution in [2.45, 2.75) is 6.54 Å². The Balaban J connectivity index is 2.17. The molecule has 0 spiro atoms. The lowest BCUT2D eigenvalue weighted by Crippen LogP contribution is -2.29. The summed E-state index contributed by atoms with van der Waals surface area (Å²) in [6, 6.07) is 6.79. The normalized spacial score (nSPS) is 10.1. The van der Waals surface area contributed by atoms with Crippen LogP contribution in [0, 0.1) is 5.82 Å². The first-order valence-corrected chi connectivity index (χ1v) is 6.34. The van der Waals surface area contributed by atoms with E-state index in [9.17, 15) is 18.8 Å². The number of nitrogens with one attached hydrogen (secondary N) is 2. The maximum atomic E-state index is 12.8. The number of ether oxygens (including phenoxy) is 1.